The fraction of sp³-hybridized carbons (Fsp3) is 0.429. The lowest BCUT2D eigenvalue weighted by molar-refractivity contribution is -0.298. The zero-order valence-corrected chi connectivity index (χ0v) is 23.1. The fourth-order valence-electron chi connectivity index (χ4n) is 4.30. The summed E-state index contributed by atoms with van der Waals surface area (Å²) in [4.78, 5) is 47.9. The van der Waals surface area contributed by atoms with Gasteiger partial charge in [-0.1, -0.05) is 35.9 Å². The van der Waals surface area contributed by atoms with Crippen LogP contribution >= 0.6 is 11.6 Å². The Labute approximate surface area is 231 Å². The molecule has 39 heavy (non-hydrogen) atoms. The Bertz CT molecular complexity index is 1200. The van der Waals surface area contributed by atoms with Crippen LogP contribution in [0.2, 0.25) is 5.02 Å². The molecule has 1 heterocycles. The summed E-state index contributed by atoms with van der Waals surface area (Å²) in [5.74, 6) is -2.15. The summed E-state index contributed by atoms with van der Waals surface area (Å²) in [5, 5.41) is 0.485. The van der Waals surface area contributed by atoms with Crippen molar-refractivity contribution in [2.24, 2.45) is 0 Å². The largest absolute Gasteiger partial charge is 0.494 e. The van der Waals surface area contributed by atoms with Gasteiger partial charge in [-0.05, 0) is 48.2 Å². The highest BCUT2D eigenvalue weighted by atomic mass is 35.5. The molecule has 2 aromatic carbocycles. The highest BCUT2D eigenvalue weighted by Crippen LogP contribution is 2.39. The molecule has 0 unspecified atom stereocenters. The first-order valence-corrected chi connectivity index (χ1v) is 12.7. The molecule has 0 radical (unpaired) electrons. The van der Waals surface area contributed by atoms with Gasteiger partial charge >= 0.3 is 23.9 Å². The molecule has 2 aromatic rings. The van der Waals surface area contributed by atoms with Crippen LogP contribution in [0.5, 0.6) is 5.75 Å². The Balaban J connectivity index is 2.03. The van der Waals surface area contributed by atoms with Gasteiger partial charge in [0.1, 0.15) is 11.9 Å². The minimum absolute atomic E-state index is 0.459. The standard InChI is InChI=1S/C28H31ClO10/c1-6-34-22-10-7-19(8-11-22)13-21-14-20(9-12-23(21)29)24-25(35-15(2)30)26(36-16(3)31)27(37-17(4)32)28(39-24)38-18(5)33/h7-12,14,24-28H,6,13H2,1-5H3/t24-,25-,26+,27-,28-/m0/s1. The van der Waals surface area contributed by atoms with Gasteiger partial charge in [-0.2, -0.15) is 0 Å². The monoisotopic (exact) mass is 562 g/mol. The lowest BCUT2D eigenvalue weighted by atomic mass is 9.91. The number of rotatable bonds is 9. The maximum Gasteiger partial charge on any atom is 0.305 e. The lowest BCUT2D eigenvalue weighted by Crippen LogP contribution is -2.59. The maximum absolute atomic E-state index is 12.1. The van der Waals surface area contributed by atoms with Crippen molar-refractivity contribution in [3.8, 4) is 5.75 Å². The third kappa shape index (κ3) is 8.18. The molecular weight excluding hydrogens is 532 g/mol. The molecule has 0 aliphatic carbocycles. The Morgan fingerprint density at radius 1 is 0.769 bits per heavy atom. The molecule has 10 nitrogen and oxygen atoms in total. The van der Waals surface area contributed by atoms with Crippen LogP contribution in [0.3, 0.4) is 0 Å². The van der Waals surface area contributed by atoms with Gasteiger partial charge in [-0.15, -0.1) is 0 Å². The minimum atomic E-state index is -1.46. The first-order valence-electron chi connectivity index (χ1n) is 12.3. The van der Waals surface area contributed by atoms with Gasteiger partial charge in [0.25, 0.3) is 0 Å². The average Bonchev–Trinajstić information content (AvgIpc) is 2.84. The third-order valence-corrected chi connectivity index (χ3v) is 6.08. The van der Waals surface area contributed by atoms with Gasteiger partial charge in [0.15, 0.2) is 12.2 Å². The molecule has 0 saturated carbocycles. The third-order valence-electron chi connectivity index (χ3n) is 5.71. The summed E-state index contributed by atoms with van der Waals surface area (Å²) >= 11 is 6.52. The van der Waals surface area contributed by atoms with Crippen molar-refractivity contribution in [2.45, 2.75) is 71.7 Å². The summed E-state index contributed by atoms with van der Waals surface area (Å²) in [6.07, 6.45) is -6.07. The van der Waals surface area contributed by atoms with E-state index in [0.717, 1.165) is 37.6 Å². The van der Waals surface area contributed by atoms with Gasteiger partial charge in [0.2, 0.25) is 12.4 Å². The second-order valence-electron chi connectivity index (χ2n) is 8.86. The van der Waals surface area contributed by atoms with Crippen LogP contribution in [-0.2, 0) is 49.3 Å². The van der Waals surface area contributed by atoms with Gasteiger partial charge < -0.3 is 28.4 Å². The lowest BCUT2D eigenvalue weighted by Gasteiger charge is -2.44. The quantitative estimate of drug-likeness (QED) is 0.326. The zero-order chi connectivity index (χ0) is 28.7. The Morgan fingerprint density at radius 2 is 1.33 bits per heavy atom. The van der Waals surface area contributed by atoms with Crippen molar-refractivity contribution < 1.29 is 47.6 Å². The topological polar surface area (TPSA) is 124 Å². The smallest absolute Gasteiger partial charge is 0.305 e. The molecule has 5 atom stereocenters. The van der Waals surface area contributed by atoms with E-state index < -0.39 is 54.6 Å². The minimum Gasteiger partial charge on any atom is -0.494 e. The number of halogens is 1. The van der Waals surface area contributed by atoms with Crippen LogP contribution in [0.1, 0.15) is 57.4 Å². The van der Waals surface area contributed by atoms with Crippen LogP contribution < -0.4 is 4.74 Å². The first-order chi connectivity index (χ1) is 18.5. The molecule has 1 aliphatic heterocycles. The Kier molecular flexibility index (Phi) is 10.3. The average molecular weight is 563 g/mol. The molecule has 0 N–H and O–H groups in total. The van der Waals surface area contributed by atoms with Crippen molar-refractivity contribution >= 4 is 35.5 Å². The van der Waals surface area contributed by atoms with E-state index in [4.69, 9.17) is 40.0 Å². The normalized spacial score (nSPS) is 22.4. The van der Waals surface area contributed by atoms with E-state index in [1.54, 1.807) is 18.2 Å². The van der Waals surface area contributed by atoms with Crippen LogP contribution in [0.4, 0.5) is 0 Å². The van der Waals surface area contributed by atoms with Crippen molar-refractivity contribution in [2.75, 3.05) is 6.61 Å². The summed E-state index contributed by atoms with van der Waals surface area (Å²) in [6.45, 7) is 7.08. The van der Waals surface area contributed by atoms with E-state index in [9.17, 15) is 19.2 Å². The number of carbonyl (C=O) groups excluding carboxylic acids is 4. The maximum atomic E-state index is 12.1. The number of hydrogen-bond acceptors (Lipinski definition) is 10. The number of carbonyl (C=O) groups is 4. The Hall–Kier alpha value is -3.63. The zero-order valence-electron chi connectivity index (χ0n) is 22.3. The molecule has 0 spiro atoms. The van der Waals surface area contributed by atoms with Crippen LogP contribution in [0.25, 0.3) is 0 Å². The second-order valence-corrected chi connectivity index (χ2v) is 9.27. The molecule has 3 rings (SSSR count). The molecular formula is C28H31ClO10. The van der Waals surface area contributed by atoms with E-state index in [1.807, 2.05) is 31.2 Å². The predicted octanol–water partition coefficient (Wildman–Crippen LogP) is 4.09. The van der Waals surface area contributed by atoms with Gasteiger partial charge in [0, 0.05) is 32.7 Å². The highest BCUT2D eigenvalue weighted by molar-refractivity contribution is 6.31. The summed E-state index contributed by atoms with van der Waals surface area (Å²) in [7, 11) is 0. The second kappa shape index (κ2) is 13.4. The number of esters is 4. The predicted molar refractivity (Wildman–Crippen MR) is 138 cm³/mol. The van der Waals surface area contributed by atoms with Crippen LogP contribution in [0, 0.1) is 0 Å². The summed E-state index contributed by atoms with van der Waals surface area (Å²) in [5.41, 5.74) is 2.20. The van der Waals surface area contributed by atoms with E-state index in [-0.39, 0.29) is 0 Å². The van der Waals surface area contributed by atoms with Crippen molar-refractivity contribution in [1.82, 2.24) is 0 Å². The van der Waals surface area contributed by atoms with E-state index in [0.29, 0.717) is 23.6 Å². The fourth-order valence-corrected chi connectivity index (χ4v) is 4.48. The van der Waals surface area contributed by atoms with Gasteiger partial charge in [-0.25, -0.2) is 0 Å². The van der Waals surface area contributed by atoms with E-state index in [2.05, 4.69) is 0 Å². The molecule has 210 valence electrons. The molecule has 1 saturated heterocycles. The Morgan fingerprint density at radius 3 is 1.90 bits per heavy atom. The highest BCUT2D eigenvalue weighted by Gasteiger charge is 2.53. The van der Waals surface area contributed by atoms with Crippen molar-refractivity contribution in [1.29, 1.82) is 0 Å². The van der Waals surface area contributed by atoms with Crippen molar-refractivity contribution in [3.05, 3.63) is 64.2 Å². The molecule has 1 aliphatic rings. The van der Waals surface area contributed by atoms with E-state index >= 15 is 0 Å². The molecule has 0 amide bonds. The molecule has 11 heteroatoms. The van der Waals surface area contributed by atoms with Crippen LogP contribution in [-0.4, -0.2) is 55.1 Å². The number of benzene rings is 2. The van der Waals surface area contributed by atoms with Crippen LogP contribution in [0.15, 0.2) is 42.5 Å². The van der Waals surface area contributed by atoms with Crippen molar-refractivity contribution in [3.63, 3.8) is 0 Å². The SMILES string of the molecule is CCOc1ccc(Cc2cc([C@@H]3O[C@H](OC(C)=O)[C@@H](OC(C)=O)[C@H](OC(C)=O)[C@H]3OC(C)=O)ccc2Cl)cc1. The summed E-state index contributed by atoms with van der Waals surface area (Å²) < 4.78 is 33.2. The van der Waals surface area contributed by atoms with E-state index in [1.165, 1.54) is 6.92 Å². The summed E-state index contributed by atoms with van der Waals surface area (Å²) in [6, 6.07) is 12.7. The molecule has 0 bridgehead atoms. The molecule has 0 aromatic heterocycles. The molecule has 1 fully saturated rings. The number of hydrogen-bond donors (Lipinski definition) is 0. The first kappa shape index (κ1) is 29.9. The van der Waals surface area contributed by atoms with Gasteiger partial charge in [-0.3, -0.25) is 19.2 Å². The number of ether oxygens (including phenoxy) is 6. The van der Waals surface area contributed by atoms with Gasteiger partial charge in [0.05, 0.1) is 6.61 Å².